The van der Waals surface area contributed by atoms with Crippen LogP contribution in [0.5, 0.6) is 0 Å². The molecule has 2 atom stereocenters. The standard InChI is InChI=1S/C12H20ClN3O/c1-5-8(3)9(4)15-10-7-14-16(6-2)12(17)11(10)13/h7-9,15H,5-6H2,1-4H3. The Morgan fingerprint density at radius 2 is 2.12 bits per heavy atom. The lowest BCUT2D eigenvalue weighted by Gasteiger charge is -2.21. The fourth-order valence-corrected chi connectivity index (χ4v) is 1.73. The molecule has 1 heterocycles. The minimum atomic E-state index is -0.240. The number of anilines is 1. The summed E-state index contributed by atoms with van der Waals surface area (Å²) in [7, 11) is 0. The van der Waals surface area contributed by atoms with Crippen LogP contribution in [0.4, 0.5) is 5.69 Å². The van der Waals surface area contributed by atoms with Crippen molar-refractivity contribution in [2.45, 2.75) is 46.7 Å². The molecule has 0 amide bonds. The van der Waals surface area contributed by atoms with Gasteiger partial charge in [0.15, 0.2) is 0 Å². The molecule has 0 radical (unpaired) electrons. The Morgan fingerprint density at radius 1 is 1.47 bits per heavy atom. The molecule has 1 rings (SSSR count). The summed E-state index contributed by atoms with van der Waals surface area (Å²) in [6.07, 6.45) is 2.69. The average molecular weight is 258 g/mol. The number of hydrogen-bond acceptors (Lipinski definition) is 3. The van der Waals surface area contributed by atoms with E-state index >= 15 is 0 Å². The van der Waals surface area contributed by atoms with Crippen LogP contribution in [0.2, 0.25) is 5.02 Å². The maximum Gasteiger partial charge on any atom is 0.287 e. The Labute approximate surface area is 107 Å². The first-order valence-electron chi connectivity index (χ1n) is 6.03. The van der Waals surface area contributed by atoms with Crippen LogP contribution in [0, 0.1) is 5.92 Å². The van der Waals surface area contributed by atoms with Crippen molar-refractivity contribution < 1.29 is 0 Å². The van der Waals surface area contributed by atoms with Gasteiger partial charge >= 0.3 is 0 Å². The number of halogens is 1. The summed E-state index contributed by atoms with van der Waals surface area (Å²) >= 11 is 6.03. The zero-order valence-electron chi connectivity index (χ0n) is 10.8. The number of nitrogens with zero attached hydrogens (tertiary/aromatic N) is 2. The molecule has 2 unspecified atom stereocenters. The first-order chi connectivity index (χ1) is 8.01. The highest BCUT2D eigenvalue weighted by atomic mass is 35.5. The topological polar surface area (TPSA) is 46.9 Å². The number of hydrogen-bond donors (Lipinski definition) is 1. The summed E-state index contributed by atoms with van der Waals surface area (Å²) in [6, 6.07) is 0.260. The molecule has 0 saturated carbocycles. The van der Waals surface area contributed by atoms with Crippen molar-refractivity contribution in [1.29, 1.82) is 0 Å². The maximum absolute atomic E-state index is 11.8. The van der Waals surface area contributed by atoms with Crippen molar-refractivity contribution in [3.05, 3.63) is 21.6 Å². The van der Waals surface area contributed by atoms with Crippen molar-refractivity contribution in [2.75, 3.05) is 5.32 Å². The molecule has 0 saturated heterocycles. The van der Waals surface area contributed by atoms with E-state index in [9.17, 15) is 4.79 Å². The molecule has 0 aliphatic carbocycles. The molecule has 4 nitrogen and oxygen atoms in total. The third kappa shape index (κ3) is 3.22. The lowest BCUT2D eigenvalue weighted by atomic mass is 10.0. The van der Waals surface area contributed by atoms with Crippen LogP contribution < -0.4 is 10.9 Å². The van der Waals surface area contributed by atoms with Crippen molar-refractivity contribution in [3.63, 3.8) is 0 Å². The third-order valence-corrected chi connectivity index (χ3v) is 3.53. The molecule has 0 aliphatic rings. The highest BCUT2D eigenvalue weighted by Crippen LogP contribution is 2.19. The van der Waals surface area contributed by atoms with E-state index in [1.54, 1.807) is 6.20 Å². The first kappa shape index (κ1) is 14.0. The largest absolute Gasteiger partial charge is 0.380 e. The van der Waals surface area contributed by atoms with Gasteiger partial charge in [0, 0.05) is 12.6 Å². The molecule has 1 N–H and O–H groups in total. The Hall–Kier alpha value is -1.03. The Kier molecular flexibility index (Phi) is 5.00. The summed E-state index contributed by atoms with van der Waals surface area (Å²) in [6.45, 7) is 8.76. The maximum atomic E-state index is 11.8. The second-order valence-electron chi connectivity index (χ2n) is 4.31. The summed E-state index contributed by atoms with van der Waals surface area (Å²) in [4.78, 5) is 11.8. The molecule has 96 valence electrons. The van der Waals surface area contributed by atoms with Gasteiger partial charge in [-0.2, -0.15) is 5.10 Å². The van der Waals surface area contributed by atoms with E-state index in [0.717, 1.165) is 6.42 Å². The van der Waals surface area contributed by atoms with E-state index in [2.05, 4.69) is 31.2 Å². The monoisotopic (exact) mass is 257 g/mol. The molecule has 1 aromatic heterocycles. The molecule has 1 aromatic rings. The molecule has 0 spiro atoms. The van der Waals surface area contributed by atoms with Gasteiger partial charge in [0.2, 0.25) is 0 Å². The van der Waals surface area contributed by atoms with Crippen molar-refractivity contribution >= 4 is 17.3 Å². The number of rotatable bonds is 5. The van der Waals surface area contributed by atoms with Gasteiger partial charge in [0.1, 0.15) is 5.02 Å². The minimum Gasteiger partial charge on any atom is -0.380 e. The van der Waals surface area contributed by atoms with E-state index in [4.69, 9.17) is 11.6 Å². The lowest BCUT2D eigenvalue weighted by molar-refractivity contribution is 0.494. The second-order valence-corrected chi connectivity index (χ2v) is 4.69. The van der Waals surface area contributed by atoms with E-state index in [-0.39, 0.29) is 16.6 Å². The van der Waals surface area contributed by atoms with Gasteiger partial charge < -0.3 is 5.32 Å². The van der Waals surface area contributed by atoms with Gasteiger partial charge in [0.25, 0.3) is 5.56 Å². The Balaban J connectivity index is 2.94. The summed E-state index contributed by atoms with van der Waals surface area (Å²) < 4.78 is 1.35. The van der Waals surface area contributed by atoms with E-state index in [0.29, 0.717) is 18.2 Å². The highest BCUT2D eigenvalue weighted by Gasteiger charge is 2.14. The van der Waals surface area contributed by atoms with Crippen molar-refractivity contribution in [1.82, 2.24) is 9.78 Å². The predicted octanol–water partition coefficient (Wildman–Crippen LogP) is 2.76. The van der Waals surface area contributed by atoms with Crippen LogP contribution in [0.1, 0.15) is 34.1 Å². The molecule has 0 aliphatic heterocycles. The lowest BCUT2D eigenvalue weighted by Crippen LogP contribution is -2.27. The van der Waals surface area contributed by atoms with Crippen LogP contribution in [0.25, 0.3) is 0 Å². The molecule has 5 heteroatoms. The normalized spacial score (nSPS) is 14.4. The van der Waals surface area contributed by atoms with Crippen LogP contribution in [-0.2, 0) is 6.54 Å². The first-order valence-corrected chi connectivity index (χ1v) is 6.41. The molecule has 17 heavy (non-hydrogen) atoms. The number of nitrogens with one attached hydrogen (secondary N) is 1. The molecule has 0 fully saturated rings. The molecule has 0 bridgehead atoms. The van der Waals surface area contributed by atoms with Crippen LogP contribution in [0.3, 0.4) is 0 Å². The van der Waals surface area contributed by atoms with Gasteiger partial charge in [-0.25, -0.2) is 4.68 Å². The van der Waals surface area contributed by atoms with E-state index < -0.39 is 0 Å². The van der Waals surface area contributed by atoms with Gasteiger partial charge in [0.05, 0.1) is 11.9 Å². The average Bonchev–Trinajstić information content (AvgIpc) is 2.34. The van der Waals surface area contributed by atoms with Crippen LogP contribution in [-0.4, -0.2) is 15.8 Å². The summed E-state index contributed by atoms with van der Waals surface area (Å²) in [5.41, 5.74) is 0.379. The zero-order chi connectivity index (χ0) is 13.0. The van der Waals surface area contributed by atoms with Crippen LogP contribution >= 0.6 is 11.6 Å². The number of aromatic nitrogens is 2. The third-order valence-electron chi connectivity index (χ3n) is 3.17. The molecular formula is C12H20ClN3O. The van der Waals surface area contributed by atoms with Gasteiger partial charge in [-0.3, -0.25) is 4.79 Å². The number of aryl methyl sites for hydroxylation is 1. The predicted molar refractivity (Wildman–Crippen MR) is 71.7 cm³/mol. The van der Waals surface area contributed by atoms with Gasteiger partial charge in [-0.15, -0.1) is 0 Å². The Morgan fingerprint density at radius 3 is 2.65 bits per heavy atom. The van der Waals surface area contributed by atoms with E-state index in [1.807, 2.05) is 6.92 Å². The second kappa shape index (κ2) is 6.05. The van der Waals surface area contributed by atoms with Crippen molar-refractivity contribution in [3.8, 4) is 0 Å². The fourth-order valence-electron chi connectivity index (χ4n) is 1.53. The van der Waals surface area contributed by atoms with Gasteiger partial charge in [-0.1, -0.05) is 31.9 Å². The Bertz CT molecular complexity index is 430. The smallest absolute Gasteiger partial charge is 0.287 e. The van der Waals surface area contributed by atoms with Gasteiger partial charge in [-0.05, 0) is 19.8 Å². The quantitative estimate of drug-likeness (QED) is 0.882. The summed E-state index contributed by atoms with van der Waals surface area (Å²) in [5.74, 6) is 0.514. The summed E-state index contributed by atoms with van der Waals surface area (Å²) in [5, 5.41) is 7.52. The fraction of sp³-hybridized carbons (Fsp3) is 0.667. The highest BCUT2D eigenvalue weighted by molar-refractivity contribution is 6.32. The zero-order valence-corrected chi connectivity index (χ0v) is 11.6. The van der Waals surface area contributed by atoms with E-state index in [1.165, 1.54) is 4.68 Å². The minimum absolute atomic E-state index is 0.219. The molecular weight excluding hydrogens is 238 g/mol. The molecule has 0 aromatic carbocycles. The SMILES string of the molecule is CCC(C)C(C)Nc1cnn(CC)c(=O)c1Cl. The van der Waals surface area contributed by atoms with Crippen LogP contribution in [0.15, 0.2) is 11.0 Å². The van der Waals surface area contributed by atoms with Crippen molar-refractivity contribution in [2.24, 2.45) is 5.92 Å².